The summed E-state index contributed by atoms with van der Waals surface area (Å²) >= 11 is 0. The number of amides is 1. The molecule has 1 fully saturated rings. The van der Waals surface area contributed by atoms with E-state index in [2.05, 4.69) is 5.32 Å². The van der Waals surface area contributed by atoms with Crippen LogP contribution < -0.4 is 11.1 Å². The molecule has 4 heteroatoms. The first-order valence-corrected chi connectivity index (χ1v) is 6.38. The van der Waals surface area contributed by atoms with Crippen molar-refractivity contribution in [3.63, 3.8) is 0 Å². The Morgan fingerprint density at radius 3 is 2.18 bits per heavy atom. The van der Waals surface area contributed by atoms with Gasteiger partial charge in [0.05, 0.1) is 0 Å². The van der Waals surface area contributed by atoms with Crippen molar-refractivity contribution < 1.29 is 4.79 Å². The molecule has 0 atom stereocenters. The van der Waals surface area contributed by atoms with Crippen molar-refractivity contribution in [3.05, 3.63) is 0 Å². The fourth-order valence-electron chi connectivity index (χ4n) is 2.56. The smallest absolute Gasteiger partial charge is 0.221 e. The number of nitrogens with one attached hydrogen (secondary N) is 1. The maximum Gasteiger partial charge on any atom is 0.221 e. The summed E-state index contributed by atoms with van der Waals surface area (Å²) in [6, 6.07) is 0. The Balaban J connectivity index is 0.00000256. The molecule has 0 bridgehead atoms. The van der Waals surface area contributed by atoms with Crippen LogP contribution in [-0.2, 0) is 4.79 Å². The zero-order valence-electron chi connectivity index (χ0n) is 11.3. The summed E-state index contributed by atoms with van der Waals surface area (Å²) in [4.78, 5) is 11.9. The number of rotatable bonds is 3. The highest BCUT2D eigenvalue weighted by Gasteiger charge is 2.33. The van der Waals surface area contributed by atoms with E-state index in [0.717, 1.165) is 12.8 Å². The normalized spacial score (nSPS) is 19.3. The van der Waals surface area contributed by atoms with Crippen LogP contribution in [0, 0.1) is 5.41 Å². The monoisotopic (exact) mass is 262 g/mol. The molecular formula is C13H27ClN2O. The van der Waals surface area contributed by atoms with Gasteiger partial charge in [0, 0.05) is 12.0 Å². The fourth-order valence-corrected chi connectivity index (χ4v) is 2.56. The summed E-state index contributed by atoms with van der Waals surface area (Å²) in [6.45, 7) is 6.69. The highest BCUT2D eigenvalue weighted by Crippen LogP contribution is 2.38. The Labute approximate surface area is 111 Å². The van der Waals surface area contributed by atoms with Crippen LogP contribution in [0.3, 0.4) is 0 Å². The van der Waals surface area contributed by atoms with Gasteiger partial charge in [-0.25, -0.2) is 0 Å². The molecule has 1 rings (SSSR count). The summed E-state index contributed by atoms with van der Waals surface area (Å²) in [5.41, 5.74) is 5.81. The first kappa shape index (κ1) is 16.7. The van der Waals surface area contributed by atoms with Crippen molar-refractivity contribution in [2.45, 2.75) is 64.8 Å². The standard InChI is InChI=1S/C13H26N2O.ClH/c1-12(2,3)15-11(16)9-13(10-14)7-5-4-6-8-13;/h4-10,14H2,1-3H3,(H,15,16);1H. The Morgan fingerprint density at radius 2 is 1.76 bits per heavy atom. The number of carbonyl (C=O) groups is 1. The van der Waals surface area contributed by atoms with Gasteiger partial charge in [-0.2, -0.15) is 0 Å². The Bertz CT molecular complexity index is 242. The van der Waals surface area contributed by atoms with E-state index in [4.69, 9.17) is 5.73 Å². The van der Waals surface area contributed by atoms with Crippen LogP contribution in [0.1, 0.15) is 59.3 Å². The number of hydrogen-bond acceptors (Lipinski definition) is 2. The highest BCUT2D eigenvalue weighted by atomic mass is 35.5. The van der Waals surface area contributed by atoms with Crippen molar-refractivity contribution in [2.75, 3.05) is 6.54 Å². The minimum Gasteiger partial charge on any atom is -0.351 e. The summed E-state index contributed by atoms with van der Waals surface area (Å²) in [5.74, 6) is 0.153. The van der Waals surface area contributed by atoms with E-state index in [9.17, 15) is 4.79 Å². The summed E-state index contributed by atoms with van der Waals surface area (Å²) < 4.78 is 0. The molecule has 3 N–H and O–H groups in total. The lowest BCUT2D eigenvalue weighted by Crippen LogP contribution is -2.45. The van der Waals surface area contributed by atoms with Gasteiger partial charge in [0.2, 0.25) is 5.91 Å². The van der Waals surface area contributed by atoms with E-state index in [1.54, 1.807) is 0 Å². The maximum atomic E-state index is 11.9. The zero-order chi connectivity index (χ0) is 12.2. The molecular weight excluding hydrogens is 236 g/mol. The second-order valence-corrected chi connectivity index (χ2v) is 6.24. The Kier molecular flexibility index (Phi) is 6.49. The molecule has 1 saturated carbocycles. The second-order valence-electron chi connectivity index (χ2n) is 6.24. The van der Waals surface area contributed by atoms with Gasteiger partial charge in [0.25, 0.3) is 0 Å². The minimum atomic E-state index is -0.137. The molecule has 0 aliphatic heterocycles. The molecule has 0 aromatic heterocycles. The third-order valence-corrected chi connectivity index (χ3v) is 3.40. The third kappa shape index (κ3) is 5.73. The van der Waals surface area contributed by atoms with Gasteiger partial charge < -0.3 is 11.1 Å². The summed E-state index contributed by atoms with van der Waals surface area (Å²) in [7, 11) is 0. The van der Waals surface area contributed by atoms with Crippen molar-refractivity contribution >= 4 is 18.3 Å². The van der Waals surface area contributed by atoms with Crippen LogP contribution in [0.5, 0.6) is 0 Å². The molecule has 0 radical (unpaired) electrons. The van der Waals surface area contributed by atoms with Crippen LogP contribution in [-0.4, -0.2) is 18.0 Å². The molecule has 1 aliphatic carbocycles. The molecule has 102 valence electrons. The van der Waals surface area contributed by atoms with Gasteiger partial charge in [-0.15, -0.1) is 12.4 Å². The van der Waals surface area contributed by atoms with Crippen molar-refractivity contribution in [1.29, 1.82) is 0 Å². The largest absolute Gasteiger partial charge is 0.351 e. The van der Waals surface area contributed by atoms with Gasteiger partial charge in [-0.3, -0.25) is 4.79 Å². The van der Waals surface area contributed by atoms with Crippen LogP contribution in [0.25, 0.3) is 0 Å². The lowest BCUT2D eigenvalue weighted by molar-refractivity contribution is -0.125. The predicted octanol–water partition coefficient (Wildman–Crippen LogP) is 2.62. The number of hydrogen-bond donors (Lipinski definition) is 2. The van der Waals surface area contributed by atoms with E-state index in [0.29, 0.717) is 13.0 Å². The Morgan fingerprint density at radius 1 is 1.24 bits per heavy atom. The summed E-state index contributed by atoms with van der Waals surface area (Å²) in [6.07, 6.45) is 6.56. The molecule has 0 spiro atoms. The van der Waals surface area contributed by atoms with Crippen LogP contribution in [0.15, 0.2) is 0 Å². The lowest BCUT2D eigenvalue weighted by Gasteiger charge is -2.36. The maximum absolute atomic E-state index is 11.9. The minimum absolute atomic E-state index is 0. The van der Waals surface area contributed by atoms with Gasteiger partial charge in [-0.1, -0.05) is 19.3 Å². The van der Waals surface area contributed by atoms with Gasteiger partial charge >= 0.3 is 0 Å². The average Bonchev–Trinajstić information content (AvgIpc) is 2.16. The fraction of sp³-hybridized carbons (Fsp3) is 0.923. The third-order valence-electron chi connectivity index (χ3n) is 3.40. The quantitative estimate of drug-likeness (QED) is 0.822. The lowest BCUT2D eigenvalue weighted by atomic mass is 9.71. The predicted molar refractivity (Wildman–Crippen MR) is 74.3 cm³/mol. The zero-order valence-corrected chi connectivity index (χ0v) is 12.2. The van der Waals surface area contributed by atoms with Gasteiger partial charge in [-0.05, 0) is 45.6 Å². The van der Waals surface area contributed by atoms with E-state index in [-0.39, 0.29) is 29.3 Å². The molecule has 17 heavy (non-hydrogen) atoms. The van der Waals surface area contributed by atoms with Crippen LogP contribution in [0.2, 0.25) is 0 Å². The first-order chi connectivity index (χ1) is 7.37. The first-order valence-electron chi connectivity index (χ1n) is 6.38. The van der Waals surface area contributed by atoms with Gasteiger partial charge in [0.15, 0.2) is 0 Å². The van der Waals surface area contributed by atoms with E-state index in [1.807, 2.05) is 20.8 Å². The van der Waals surface area contributed by atoms with Crippen LogP contribution >= 0.6 is 12.4 Å². The van der Waals surface area contributed by atoms with E-state index in [1.165, 1.54) is 19.3 Å². The number of carbonyl (C=O) groups excluding carboxylic acids is 1. The SMILES string of the molecule is CC(C)(C)NC(=O)CC1(CN)CCCCC1.Cl. The number of nitrogens with two attached hydrogens (primary N) is 1. The molecule has 3 nitrogen and oxygen atoms in total. The highest BCUT2D eigenvalue weighted by molar-refractivity contribution is 5.85. The second kappa shape index (κ2) is 6.60. The molecule has 1 aliphatic rings. The molecule has 0 saturated heterocycles. The molecule has 0 aromatic rings. The van der Waals surface area contributed by atoms with Crippen molar-refractivity contribution in [3.8, 4) is 0 Å². The van der Waals surface area contributed by atoms with Crippen molar-refractivity contribution in [1.82, 2.24) is 5.32 Å². The van der Waals surface area contributed by atoms with Crippen LogP contribution in [0.4, 0.5) is 0 Å². The Hall–Kier alpha value is -0.280. The topological polar surface area (TPSA) is 55.1 Å². The van der Waals surface area contributed by atoms with E-state index >= 15 is 0 Å². The number of halogens is 1. The van der Waals surface area contributed by atoms with E-state index < -0.39 is 0 Å². The molecule has 1 amide bonds. The molecule has 0 heterocycles. The molecule has 0 aromatic carbocycles. The van der Waals surface area contributed by atoms with Gasteiger partial charge in [0.1, 0.15) is 0 Å². The summed E-state index contributed by atoms with van der Waals surface area (Å²) in [5, 5.41) is 3.03. The van der Waals surface area contributed by atoms with Crippen molar-refractivity contribution in [2.24, 2.45) is 11.1 Å². The molecule has 0 unspecified atom stereocenters. The average molecular weight is 263 g/mol.